The molecule has 0 amide bonds. The summed E-state index contributed by atoms with van der Waals surface area (Å²) in [5.41, 5.74) is 7.24. The number of nitrogens with two attached hydrogens (primary N) is 1. The minimum Gasteiger partial charge on any atom is -0.362 e. The Labute approximate surface area is 193 Å². The highest BCUT2D eigenvalue weighted by Crippen LogP contribution is 2.33. The highest BCUT2D eigenvalue weighted by molar-refractivity contribution is 6.18. The molecule has 6 nitrogen and oxygen atoms in total. The largest absolute Gasteiger partial charge is 0.362 e. The number of hydrogen-bond acceptors (Lipinski definition) is 5. The van der Waals surface area contributed by atoms with E-state index in [2.05, 4.69) is 38.7 Å². The molecule has 2 saturated carbocycles. The van der Waals surface area contributed by atoms with Gasteiger partial charge >= 0.3 is 0 Å². The van der Waals surface area contributed by atoms with E-state index in [0.717, 1.165) is 29.2 Å². The number of fused-ring (bicyclic) bond motifs is 1. The summed E-state index contributed by atoms with van der Waals surface area (Å²) in [7, 11) is 0. The van der Waals surface area contributed by atoms with E-state index in [1.807, 2.05) is 27.1 Å². The summed E-state index contributed by atoms with van der Waals surface area (Å²) in [6.07, 6.45) is 14.5. The molecule has 0 aromatic carbocycles. The second kappa shape index (κ2) is 12.6. The fraction of sp³-hybridized carbons (Fsp3) is 0.792. The first-order valence-corrected chi connectivity index (χ1v) is 12.8. The van der Waals surface area contributed by atoms with Gasteiger partial charge in [0.15, 0.2) is 11.5 Å². The van der Waals surface area contributed by atoms with Crippen molar-refractivity contribution in [3.8, 4) is 0 Å². The van der Waals surface area contributed by atoms with Gasteiger partial charge in [0.05, 0.1) is 6.33 Å². The summed E-state index contributed by atoms with van der Waals surface area (Å²) in [4.78, 5) is 13.8. The number of alkyl halides is 1. The van der Waals surface area contributed by atoms with Gasteiger partial charge in [-0.05, 0) is 46.0 Å². The lowest BCUT2D eigenvalue weighted by molar-refractivity contribution is 0.441. The first kappa shape index (κ1) is 25.9. The van der Waals surface area contributed by atoms with Crippen LogP contribution in [0.1, 0.15) is 104 Å². The lowest BCUT2D eigenvalue weighted by Crippen LogP contribution is -2.36. The van der Waals surface area contributed by atoms with Gasteiger partial charge in [0.1, 0.15) is 11.3 Å². The van der Waals surface area contributed by atoms with Gasteiger partial charge in [0, 0.05) is 23.5 Å². The molecular weight excluding hydrogens is 408 g/mol. The van der Waals surface area contributed by atoms with Crippen LogP contribution in [0.3, 0.4) is 0 Å². The van der Waals surface area contributed by atoms with Crippen molar-refractivity contribution in [2.45, 2.75) is 116 Å². The maximum Gasteiger partial charge on any atom is 0.166 e. The number of anilines is 1. The summed E-state index contributed by atoms with van der Waals surface area (Å²) >= 11 is 6.13. The molecule has 0 aliphatic heterocycles. The van der Waals surface area contributed by atoms with Crippen LogP contribution in [0.2, 0.25) is 0 Å². The molecule has 176 valence electrons. The Balaban J connectivity index is 0.000000319. The molecule has 2 aliphatic carbocycles. The van der Waals surface area contributed by atoms with Crippen molar-refractivity contribution in [1.29, 1.82) is 0 Å². The van der Waals surface area contributed by atoms with Crippen LogP contribution in [0.15, 0.2) is 6.33 Å². The van der Waals surface area contributed by atoms with Crippen molar-refractivity contribution < 1.29 is 0 Å². The van der Waals surface area contributed by atoms with Crippen molar-refractivity contribution in [1.82, 2.24) is 19.5 Å². The zero-order chi connectivity index (χ0) is 22.9. The lowest BCUT2D eigenvalue weighted by atomic mass is 9.97. The summed E-state index contributed by atoms with van der Waals surface area (Å²) in [5.74, 6) is 2.09. The number of nitrogens with zero attached hydrogens (tertiary/aromatic N) is 4. The molecular formula is C24H43ClN6. The quantitative estimate of drug-likeness (QED) is 0.517. The summed E-state index contributed by atoms with van der Waals surface area (Å²) < 4.78 is 2.23. The van der Waals surface area contributed by atoms with Gasteiger partial charge in [0.2, 0.25) is 0 Å². The van der Waals surface area contributed by atoms with E-state index in [4.69, 9.17) is 17.3 Å². The first-order chi connectivity index (χ1) is 15.0. The molecule has 31 heavy (non-hydrogen) atoms. The molecule has 0 saturated heterocycles. The Morgan fingerprint density at radius 1 is 1.10 bits per heavy atom. The number of imidazole rings is 1. The average Bonchev–Trinajstić information content (AvgIpc) is 3.46. The maximum atomic E-state index is 6.13. The predicted molar refractivity (Wildman–Crippen MR) is 133 cm³/mol. The zero-order valence-corrected chi connectivity index (χ0v) is 21.0. The van der Waals surface area contributed by atoms with Crippen LogP contribution in [0, 0.1) is 6.92 Å². The van der Waals surface area contributed by atoms with E-state index in [9.17, 15) is 0 Å². The highest BCUT2D eigenvalue weighted by atomic mass is 35.5. The van der Waals surface area contributed by atoms with Crippen LogP contribution in [-0.4, -0.2) is 37.0 Å². The van der Waals surface area contributed by atoms with E-state index in [1.54, 1.807) is 0 Å². The summed E-state index contributed by atoms with van der Waals surface area (Å²) in [6.45, 7) is 10.2. The third-order valence-corrected chi connectivity index (χ3v) is 6.99. The van der Waals surface area contributed by atoms with Gasteiger partial charge in [-0.1, -0.05) is 52.9 Å². The molecule has 0 bridgehead atoms. The van der Waals surface area contributed by atoms with Gasteiger partial charge in [-0.3, -0.25) is 0 Å². The smallest absolute Gasteiger partial charge is 0.166 e. The van der Waals surface area contributed by atoms with Crippen LogP contribution >= 0.6 is 11.6 Å². The fourth-order valence-electron chi connectivity index (χ4n) is 4.20. The van der Waals surface area contributed by atoms with Crippen molar-refractivity contribution in [3.05, 3.63) is 12.2 Å². The second-order valence-electron chi connectivity index (χ2n) is 8.95. The number of nitrogens with one attached hydrogen (secondary N) is 1. The minimum absolute atomic E-state index is 0.188. The molecule has 1 unspecified atom stereocenters. The third-order valence-electron chi connectivity index (χ3n) is 6.40. The third kappa shape index (κ3) is 7.04. The number of halogens is 1. The number of aromatic nitrogens is 4. The molecule has 7 heteroatoms. The molecule has 2 aromatic rings. The normalized spacial score (nSPS) is 19.2. The first-order valence-electron chi connectivity index (χ1n) is 12.3. The molecule has 2 aliphatic rings. The van der Waals surface area contributed by atoms with Crippen molar-refractivity contribution in [2.24, 2.45) is 5.73 Å². The SMILES string of the molecule is CC.CCC(C)(CCl)Nc1nc(C)nc2c1ncn2C1CCCC1.NC1CCCCC1. The molecule has 3 N–H and O–H groups in total. The zero-order valence-electron chi connectivity index (χ0n) is 20.3. The molecule has 4 rings (SSSR count). The minimum atomic E-state index is -0.188. The van der Waals surface area contributed by atoms with Gasteiger partial charge in [-0.25, -0.2) is 15.0 Å². The van der Waals surface area contributed by atoms with E-state index < -0.39 is 0 Å². The number of rotatable bonds is 5. The maximum absolute atomic E-state index is 6.13. The summed E-state index contributed by atoms with van der Waals surface area (Å²) in [5, 5.41) is 3.48. The van der Waals surface area contributed by atoms with E-state index in [0.29, 0.717) is 18.0 Å². The molecule has 2 fully saturated rings. The highest BCUT2D eigenvalue weighted by Gasteiger charge is 2.25. The van der Waals surface area contributed by atoms with Crippen molar-refractivity contribution in [2.75, 3.05) is 11.2 Å². The molecule has 2 heterocycles. The molecule has 0 spiro atoms. The number of hydrogen-bond donors (Lipinski definition) is 2. The van der Waals surface area contributed by atoms with Gasteiger partial charge < -0.3 is 15.6 Å². The average molecular weight is 451 g/mol. The predicted octanol–water partition coefficient (Wildman–Crippen LogP) is 6.37. The van der Waals surface area contributed by atoms with Crippen LogP contribution in [0.25, 0.3) is 11.2 Å². The van der Waals surface area contributed by atoms with Crippen LogP contribution in [0.4, 0.5) is 5.82 Å². The van der Waals surface area contributed by atoms with E-state index in [-0.39, 0.29) is 5.54 Å². The van der Waals surface area contributed by atoms with E-state index >= 15 is 0 Å². The van der Waals surface area contributed by atoms with Crippen molar-refractivity contribution >= 4 is 28.6 Å². The van der Waals surface area contributed by atoms with Gasteiger partial charge in [-0.15, -0.1) is 11.6 Å². The lowest BCUT2D eigenvalue weighted by Gasteiger charge is -2.27. The van der Waals surface area contributed by atoms with E-state index in [1.165, 1.54) is 57.8 Å². The Kier molecular flexibility index (Phi) is 10.5. The van der Waals surface area contributed by atoms with Crippen LogP contribution < -0.4 is 11.1 Å². The topological polar surface area (TPSA) is 81.7 Å². The van der Waals surface area contributed by atoms with Gasteiger partial charge in [0.25, 0.3) is 0 Å². The van der Waals surface area contributed by atoms with Gasteiger partial charge in [-0.2, -0.15) is 0 Å². The van der Waals surface area contributed by atoms with Crippen LogP contribution in [-0.2, 0) is 0 Å². The standard InChI is InChI=1S/C16H24ClN5.C6H13N.C2H6/c1-4-16(3,9-17)21-14-13-15(20-11(2)19-14)22(10-18-13)12-7-5-6-8-12;7-6-4-2-1-3-5-6;1-2/h10,12H,4-9H2,1-3H3,(H,19,20,21);6H,1-5,7H2;1-2H3. The molecule has 2 aromatic heterocycles. The molecule has 1 atom stereocenters. The Bertz CT molecular complexity index is 774. The van der Waals surface area contributed by atoms with Crippen molar-refractivity contribution in [3.63, 3.8) is 0 Å². The Morgan fingerprint density at radius 3 is 2.23 bits per heavy atom. The van der Waals surface area contributed by atoms with Crippen LogP contribution in [0.5, 0.6) is 0 Å². The monoisotopic (exact) mass is 450 g/mol. The fourth-order valence-corrected chi connectivity index (χ4v) is 4.45. The number of aryl methyl sites for hydroxylation is 1. The summed E-state index contributed by atoms with van der Waals surface area (Å²) in [6, 6.07) is 1.06. The Hall–Kier alpha value is -1.40. The second-order valence-corrected chi connectivity index (χ2v) is 9.22. The molecule has 0 radical (unpaired) electrons. The Morgan fingerprint density at radius 2 is 1.71 bits per heavy atom.